The predicted octanol–water partition coefficient (Wildman–Crippen LogP) is 3.06. The van der Waals surface area contributed by atoms with Crippen molar-refractivity contribution in [2.45, 2.75) is 37.3 Å². The van der Waals surface area contributed by atoms with Gasteiger partial charge in [0.15, 0.2) is 9.84 Å². The molecular weight excluding hydrogens is 354 g/mol. The van der Waals surface area contributed by atoms with E-state index in [1.54, 1.807) is 39.0 Å². The highest BCUT2D eigenvalue weighted by molar-refractivity contribution is 7.92. The molecule has 26 heavy (non-hydrogen) atoms. The lowest BCUT2D eigenvalue weighted by Crippen LogP contribution is -2.16. The van der Waals surface area contributed by atoms with Gasteiger partial charge in [-0.25, -0.2) is 13.2 Å². The summed E-state index contributed by atoms with van der Waals surface area (Å²) in [5.74, 6) is -1.38. The summed E-state index contributed by atoms with van der Waals surface area (Å²) in [6, 6.07) is 10.7. The number of sulfone groups is 1. The van der Waals surface area contributed by atoms with Gasteiger partial charge in [0.1, 0.15) is 0 Å². The minimum Gasteiger partial charge on any atom is -0.478 e. The van der Waals surface area contributed by atoms with Gasteiger partial charge in [-0.3, -0.25) is 4.79 Å². The lowest BCUT2D eigenvalue weighted by molar-refractivity contribution is -0.115. The molecule has 0 bridgehead atoms. The molecule has 1 amide bonds. The summed E-state index contributed by atoms with van der Waals surface area (Å²) >= 11 is 0. The smallest absolute Gasteiger partial charge is 0.335 e. The zero-order chi connectivity index (χ0) is 19.5. The number of nitrogens with one attached hydrogen (secondary N) is 1. The molecule has 2 aromatic carbocycles. The van der Waals surface area contributed by atoms with E-state index in [0.29, 0.717) is 11.3 Å². The molecule has 0 saturated heterocycles. The van der Waals surface area contributed by atoms with Crippen molar-refractivity contribution in [3.8, 4) is 0 Å². The fourth-order valence-electron chi connectivity index (χ4n) is 2.34. The summed E-state index contributed by atoms with van der Waals surface area (Å²) < 4.78 is 24.2. The molecule has 0 aliphatic rings. The minimum atomic E-state index is -3.35. The Hall–Kier alpha value is -2.67. The first kappa shape index (κ1) is 19.7. The van der Waals surface area contributed by atoms with Crippen molar-refractivity contribution < 1.29 is 23.1 Å². The van der Waals surface area contributed by atoms with Crippen molar-refractivity contribution in [3.63, 3.8) is 0 Å². The maximum atomic E-state index is 12.2. The third kappa shape index (κ3) is 4.49. The van der Waals surface area contributed by atoms with Crippen LogP contribution in [0.2, 0.25) is 0 Å². The SMILES string of the molecule is Cc1ccc(C(=O)O)cc1NC(=O)Cc1ccc(S(=O)(=O)C(C)C)cc1. The molecule has 7 heteroatoms. The summed E-state index contributed by atoms with van der Waals surface area (Å²) in [6.07, 6.45) is 0.0543. The predicted molar refractivity (Wildman–Crippen MR) is 99.2 cm³/mol. The van der Waals surface area contributed by atoms with E-state index in [1.807, 2.05) is 0 Å². The normalized spacial score (nSPS) is 11.4. The van der Waals surface area contributed by atoms with Gasteiger partial charge in [-0.15, -0.1) is 0 Å². The molecule has 0 aliphatic carbocycles. The van der Waals surface area contributed by atoms with E-state index in [9.17, 15) is 18.0 Å². The number of carbonyl (C=O) groups is 2. The maximum Gasteiger partial charge on any atom is 0.335 e. The van der Waals surface area contributed by atoms with Gasteiger partial charge in [-0.1, -0.05) is 18.2 Å². The van der Waals surface area contributed by atoms with Crippen molar-refractivity contribution >= 4 is 27.4 Å². The number of rotatable bonds is 6. The molecule has 0 radical (unpaired) electrons. The van der Waals surface area contributed by atoms with Gasteiger partial charge in [0.05, 0.1) is 22.1 Å². The Balaban J connectivity index is 2.11. The average Bonchev–Trinajstić information content (AvgIpc) is 2.57. The van der Waals surface area contributed by atoms with Crippen LogP contribution in [0, 0.1) is 6.92 Å². The van der Waals surface area contributed by atoms with Crippen LogP contribution in [-0.2, 0) is 21.1 Å². The molecular formula is C19H21NO5S. The van der Waals surface area contributed by atoms with Crippen molar-refractivity contribution in [2.24, 2.45) is 0 Å². The molecule has 0 aromatic heterocycles. The van der Waals surface area contributed by atoms with Crippen LogP contribution >= 0.6 is 0 Å². The number of carboxylic acid groups (broad SMARTS) is 1. The van der Waals surface area contributed by atoms with Crippen LogP contribution in [0.4, 0.5) is 5.69 Å². The van der Waals surface area contributed by atoms with Gasteiger partial charge in [0.25, 0.3) is 0 Å². The number of aryl methyl sites for hydroxylation is 1. The zero-order valence-corrected chi connectivity index (χ0v) is 15.6. The Morgan fingerprint density at radius 1 is 1.08 bits per heavy atom. The number of benzene rings is 2. The molecule has 2 N–H and O–H groups in total. The van der Waals surface area contributed by atoms with Gasteiger partial charge in [0.2, 0.25) is 5.91 Å². The average molecular weight is 375 g/mol. The lowest BCUT2D eigenvalue weighted by Gasteiger charge is -2.11. The molecule has 2 rings (SSSR count). The Bertz CT molecular complexity index is 931. The van der Waals surface area contributed by atoms with Crippen LogP contribution in [-0.4, -0.2) is 30.7 Å². The van der Waals surface area contributed by atoms with Crippen LogP contribution in [0.1, 0.15) is 35.3 Å². The topological polar surface area (TPSA) is 101 Å². The Labute approximate surface area is 152 Å². The van der Waals surface area contributed by atoms with Crippen molar-refractivity contribution in [1.29, 1.82) is 0 Å². The summed E-state index contributed by atoms with van der Waals surface area (Å²) in [4.78, 5) is 23.5. The van der Waals surface area contributed by atoms with Crippen molar-refractivity contribution in [1.82, 2.24) is 0 Å². The molecule has 0 fully saturated rings. The van der Waals surface area contributed by atoms with E-state index < -0.39 is 21.1 Å². The molecule has 138 valence electrons. The van der Waals surface area contributed by atoms with Gasteiger partial charge in [-0.2, -0.15) is 0 Å². The van der Waals surface area contributed by atoms with Gasteiger partial charge < -0.3 is 10.4 Å². The Kier molecular flexibility index (Phi) is 5.82. The highest BCUT2D eigenvalue weighted by atomic mass is 32.2. The number of aromatic carboxylic acids is 1. The fraction of sp³-hybridized carbons (Fsp3) is 0.263. The highest BCUT2D eigenvalue weighted by Crippen LogP contribution is 2.19. The second-order valence-corrected chi connectivity index (χ2v) is 8.80. The first-order valence-corrected chi connectivity index (χ1v) is 9.62. The van der Waals surface area contributed by atoms with Gasteiger partial charge in [-0.05, 0) is 56.2 Å². The molecule has 0 saturated carbocycles. The van der Waals surface area contributed by atoms with E-state index in [0.717, 1.165) is 5.56 Å². The first-order valence-electron chi connectivity index (χ1n) is 8.08. The number of carbonyl (C=O) groups excluding carboxylic acids is 1. The molecule has 2 aromatic rings. The van der Waals surface area contributed by atoms with Crippen LogP contribution in [0.5, 0.6) is 0 Å². The monoisotopic (exact) mass is 375 g/mol. The largest absolute Gasteiger partial charge is 0.478 e. The maximum absolute atomic E-state index is 12.2. The number of anilines is 1. The summed E-state index contributed by atoms with van der Waals surface area (Å²) in [7, 11) is -3.35. The second kappa shape index (κ2) is 7.70. The van der Waals surface area contributed by atoms with Crippen LogP contribution < -0.4 is 5.32 Å². The van der Waals surface area contributed by atoms with Crippen LogP contribution in [0.25, 0.3) is 0 Å². The number of hydrogen-bond acceptors (Lipinski definition) is 4. The summed E-state index contributed by atoms with van der Waals surface area (Å²) in [6.45, 7) is 5.00. The number of carboxylic acids is 1. The standard InChI is InChI=1S/C19H21NO5S/c1-12(2)26(24,25)16-8-5-14(6-9-16)10-18(21)20-17-11-15(19(22)23)7-4-13(17)3/h4-9,11-12H,10H2,1-3H3,(H,20,21)(H,22,23). The van der Waals surface area contributed by atoms with E-state index in [-0.39, 0.29) is 22.8 Å². The van der Waals surface area contributed by atoms with Crippen LogP contribution in [0.3, 0.4) is 0 Å². The summed E-state index contributed by atoms with van der Waals surface area (Å²) in [5, 5.41) is 11.2. The molecule has 0 heterocycles. The number of hydrogen-bond donors (Lipinski definition) is 2. The molecule has 0 spiro atoms. The van der Waals surface area contributed by atoms with Gasteiger partial charge >= 0.3 is 5.97 Å². The lowest BCUT2D eigenvalue weighted by atomic mass is 10.1. The number of amides is 1. The van der Waals surface area contributed by atoms with Crippen molar-refractivity contribution in [2.75, 3.05) is 5.32 Å². The fourth-order valence-corrected chi connectivity index (χ4v) is 3.40. The Morgan fingerprint density at radius 3 is 2.23 bits per heavy atom. The molecule has 6 nitrogen and oxygen atoms in total. The highest BCUT2D eigenvalue weighted by Gasteiger charge is 2.19. The summed E-state index contributed by atoms with van der Waals surface area (Å²) in [5.41, 5.74) is 1.95. The Morgan fingerprint density at radius 2 is 1.69 bits per heavy atom. The molecule has 0 aliphatic heterocycles. The minimum absolute atomic E-state index is 0.0543. The quantitative estimate of drug-likeness (QED) is 0.808. The third-order valence-corrected chi connectivity index (χ3v) is 6.17. The second-order valence-electron chi connectivity index (χ2n) is 6.30. The van der Waals surface area contributed by atoms with E-state index in [1.165, 1.54) is 24.3 Å². The van der Waals surface area contributed by atoms with Crippen LogP contribution in [0.15, 0.2) is 47.4 Å². The van der Waals surface area contributed by atoms with Gasteiger partial charge in [0, 0.05) is 5.69 Å². The van der Waals surface area contributed by atoms with E-state index in [2.05, 4.69) is 5.32 Å². The molecule has 0 atom stereocenters. The van der Waals surface area contributed by atoms with E-state index >= 15 is 0 Å². The van der Waals surface area contributed by atoms with E-state index in [4.69, 9.17) is 5.11 Å². The first-order chi connectivity index (χ1) is 12.1. The molecule has 0 unspecified atom stereocenters. The van der Waals surface area contributed by atoms with Crippen molar-refractivity contribution in [3.05, 3.63) is 59.2 Å². The zero-order valence-electron chi connectivity index (χ0n) is 14.8. The third-order valence-electron chi connectivity index (χ3n) is 4.00.